The van der Waals surface area contributed by atoms with Crippen molar-refractivity contribution in [3.8, 4) is 17.1 Å². The maximum absolute atomic E-state index is 5.93. The van der Waals surface area contributed by atoms with E-state index >= 15 is 0 Å². The zero-order chi connectivity index (χ0) is 18.9. The van der Waals surface area contributed by atoms with Gasteiger partial charge in [-0.05, 0) is 47.7 Å². The minimum atomic E-state index is 0.621. The molecule has 5 heteroatoms. The highest BCUT2D eigenvalue weighted by Crippen LogP contribution is 2.35. The summed E-state index contributed by atoms with van der Waals surface area (Å²) in [7, 11) is 2.00. The number of halogens is 1. The molecular weight excluding hydrogens is 390 g/mol. The number of nitrogens with zero attached hydrogens (tertiary/aromatic N) is 3. The lowest BCUT2D eigenvalue weighted by molar-refractivity contribution is 0.286. The van der Waals surface area contributed by atoms with Gasteiger partial charge in [0.05, 0.1) is 23.1 Å². The van der Waals surface area contributed by atoms with E-state index in [9.17, 15) is 0 Å². The molecule has 0 unspecified atom stereocenters. The van der Waals surface area contributed by atoms with E-state index in [2.05, 4.69) is 41.7 Å². The van der Waals surface area contributed by atoms with Crippen molar-refractivity contribution in [2.45, 2.75) is 33.6 Å². The highest BCUT2D eigenvalue weighted by atomic mass is 79.9. The van der Waals surface area contributed by atoms with Crippen molar-refractivity contribution < 1.29 is 4.74 Å². The molecule has 0 bridgehead atoms. The summed E-state index contributed by atoms with van der Waals surface area (Å²) < 4.78 is 6.76. The van der Waals surface area contributed by atoms with Gasteiger partial charge in [0.1, 0.15) is 5.69 Å². The Bertz CT molecular complexity index is 717. The van der Waals surface area contributed by atoms with Crippen molar-refractivity contribution in [3.63, 3.8) is 0 Å². The van der Waals surface area contributed by atoms with Gasteiger partial charge in [0.2, 0.25) is 5.88 Å². The van der Waals surface area contributed by atoms with Crippen LogP contribution in [0.1, 0.15) is 33.6 Å². The topological polar surface area (TPSA) is 37.7 Å². The van der Waals surface area contributed by atoms with E-state index in [1.165, 1.54) is 0 Å². The highest BCUT2D eigenvalue weighted by molar-refractivity contribution is 9.10. The first kappa shape index (κ1) is 20.4. The van der Waals surface area contributed by atoms with Crippen LogP contribution in [-0.4, -0.2) is 36.4 Å². The molecule has 1 aromatic heterocycles. The first-order valence-electron chi connectivity index (χ1n) is 9.14. The molecule has 0 saturated heterocycles. The molecular formula is C21H28BrN3O. The number of benzene rings is 1. The fraction of sp³-hybridized carbons (Fsp3) is 0.429. The van der Waals surface area contributed by atoms with Gasteiger partial charge in [0.15, 0.2) is 0 Å². The average molecular weight is 418 g/mol. The zero-order valence-corrected chi connectivity index (χ0v) is 17.7. The van der Waals surface area contributed by atoms with Crippen LogP contribution in [0.15, 0.2) is 45.9 Å². The van der Waals surface area contributed by atoms with Crippen LogP contribution in [0.3, 0.4) is 0 Å². The van der Waals surface area contributed by atoms with Gasteiger partial charge in [-0.1, -0.05) is 44.2 Å². The lowest BCUT2D eigenvalue weighted by Gasteiger charge is -2.13. The third-order valence-corrected chi connectivity index (χ3v) is 4.60. The van der Waals surface area contributed by atoms with Gasteiger partial charge in [0.25, 0.3) is 0 Å². The molecule has 0 aliphatic rings. The first-order chi connectivity index (χ1) is 12.5. The van der Waals surface area contributed by atoms with E-state index in [1.807, 2.05) is 54.7 Å². The summed E-state index contributed by atoms with van der Waals surface area (Å²) in [6.45, 7) is 8.10. The molecule has 26 heavy (non-hydrogen) atoms. The molecule has 4 nitrogen and oxygen atoms in total. The summed E-state index contributed by atoms with van der Waals surface area (Å²) >= 11 is 3.58. The fourth-order valence-corrected chi connectivity index (χ4v) is 2.79. The van der Waals surface area contributed by atoms with Crippen molar-refractivity contribution in [2.24, 2.45) is 10.9 Å². The SMILES string of the molecule is CCN(C)C=Nc1cc(Br)c(OCCCC(C)C)nc1-c1ccccc1. The van der Waals surface area contributed by atoms with E-state index in [0.717, 1.165) is 40.8 Å². The molecule has 0 aliphatic carbocycles. The van der Waals surface area contributed by atoms with Crippen molar-refractivity contribution in [1.29, 1.82) is 0 Å². The summed E-state index contributed by atoms with van der Waals surface area (Å²) in [4.78, 5) is 11.4. The Hall–Kier alpha value is -1.88. The first-order valence-corrected chi connectivity index (χ1v) is 9.93. The molecule has 0 N–H and O–H groups in total. The molecule has 1 heterocycles. The van der Waals surface area contributed by atoms with Crippen molar-refractivity contribution in [2.75, 3.05) is 20.2 Å². The van der Waals surface area contributed by atoms with Crippen LogP contribution in [0.5, 0.6) is 5.88 Å². The minimum absolute atomic E-state index is 0.621. The number of pyridine rings is 1. The standard InChI is InChI=1S/C21H28BrN3O/c1-5-25(4)15-23-19-14-18(22)21(26-13-9-10-16(2)3)24-20(19)17-11-7-6-8-12-17/h6-8,11-12,14-16H,5,9-10,13H2,1-4H3. The number of aliphatic imine (C=N–C) groups is 1. The number of hydrogen-bond donors (Lipinski definition) is 0. The monoisotopic (exact) mass is 417 g/mol. The Balaban J connectivity index is 2.30. The quantitative estimate of drug-likeness (QED) is 0.287. The van der Waals surface area contributed by atoms with Crippen LogP contribution >= 0.6 is 15.9 Å². The molecule has 140 valence electrons. The predicted molar refractivity (Wildman–Crippen MR) is 113 cm³/mol. The summed E-state index contributed by atoms with van der Waals surface area (Å²) in [5.74, 6) is 1.30. The Labute approximate surface area is 165 Å². The zero-order valence-electron chi connectivity index (χ0n) is 16.1. The maximum atomic E-state index is 5.93. The van der Waals surface area contributed by atoms with Gasteiger partial charge < -0.3 is 9.64 Å². The summed E-state index contributed by atoms with van der Waals surface area (Å²) in [5, 5.41) is 0. The highest BCUT2D eigenvalue weighted by Gasteiger charge is 2.13. The molecule has 1 aromatic carbocycles. The second kappa shape index (κ2) is 10.3. The molecule has 0 radical (unpaired) electrons. The van der Waals surface area contributed by atoms with Gasteiger partial charge in [-0.3, -0.25) is 0 Å². The van der Waals surface area contributed by atoms with Gasteiger partial charge in [0, 0.05) is 19.2 Å². The number of hydrogen-bond acceptors (Lipinski definition) is 3. The average Bonchev–Trinajstić information content (AvgIpc) is 2.64. The third-order valence-electron chi connectivity index (χ3n) is 4.03. The van der Waals surface area contributed by atoms with Crippen LogP contribution in [0.2, 0.25) is 0 Å². The number of aromatic nitrogens is 1. The largest absolute Gasteiger partial charge is 0.477 e. The van der Waals surface area contributed by atoms with E-state index < -0.39 is 0 Å². The molecule has 0 amide bonds. The summed E-state index contributed by atoms with van der Waals surface area (Å²) in [5.41, 5.74) is 2.67. The van der Waals surface area contributed by atoms with Gasteiger partial charge in [-0.15, -0.1) is 0 Å². The minimum Gasteiger partial charge on any atom is -0.477 e. The maximum Gasteiger partial charge on any atom is 0.228 e. The van der Waals surface area contributed by atoms with E-state index in [-0.39, 0.29) is 0 Å². The van der Waals surface area contributed by atoms with Crippen LogP contribution in [0, 0.1) is 5.92 Å². The molecule has 0 saturated carbocycles. The molecule has 2 rings (SSSR count). The normalized spacial score (nSPS) is 11.3. The van der Waals surface area contributed by atoms with Crippen molar-refractivity contribution in [3.05, 3.63) is 40.9 Å². The van der Waals surface area contributed by atoms with Crippen LogP contribution in [0.25, 0.3) is 11.3 Å². The Morgan fingerprint density at radius 1 is 1.27 bits per heavy atom. The number of rotatable bonds is 9. The molecule has 0 spiro atoms. The van der Waals surface area contributed by atoms with Crippen LogP contribution in [0.4, 0.5) is 5.69 Å². The second-order valence-corrected chi connectivity index (χ2v) is 7.57. The van der Waals surface area contributed by atoms with Crippen molar-refractivity contribution in [1.82, 2.24) is 9.88 Å². The fourth-order valence-electron chi connectivity index (χ4n) is 2.37. The van der Waals surface area contributed by atoms with Gasteiger partial charge in [-0.25, -0.2) is 9.98 Å². The lowest BCUT2D eigenvalue weighted by atomic mass is 10.1. The molecule has 0 atom stereocenters. The molecule has 0 fully saturated rings. The van der Waals surface area contributed by atoms with E-state index in [1.54, 1.807) is 0 Å². The predicted octanol–water partition coefficient (Wildman–Crippen LogP) is 5.94. The summed E-state index contributed by atoms with van der Waals surface area (Å²) in [6.07, 6.45) is 4.00. The molecule has 2 aromatic rings. The Morgan fingerprint density at radius 2 is 2.00 bits per heavy atom. The van der Waals surface area contributed by atoms with Crippen LogP contribution in [-0.2, 0) is 0 Å². The summed E-state index contributed by atoms with van der Waals surface area (Å²) in [6, 6.07) is 12.1. The third kappa shape index (κ3) is 6.13. The smallest absolute Gasteiger partial charge is 0.228 e. The lowest BCUT2D eigenvalue weighted by Crippen LogP contribution is -2.14. The van der Waals surface area contributed by atoms with Gasteiger partial charge in [-0.2, -0.15) is 0 Å². The van der Waals surface area contributed by atoms with Gasteiger partial charge >= 0.3 is 0 Å². The second-order valence-electron chi connectivity index (χ2n) is 6.71. The van der Waals surface area contributed by atoms with Crippen LogP contribution < -0.4 is 4.74 Å². The van der Waals surface area contributed by atoms with E-state index in [0.29, 0.717) is 18.4 Å². The molecule has 0 aliphatic heterocycles. The Kier molecular flexibility index (Phi) is 8.10. The Morgan fingerprint density at radius 3 is 2.65 bits per heavy atom. The number of ether oxygens (including phenoxy) is 1. The van der Waals surface area contributed by atoms with E-state index in [4.69, 9.17) is 9.72 Å². The van der Waals surface area contributed by atoms with Crippen molar-refractivity contribution >= 4 is 28.0 Å².